The van der Waals surface area contributed by atoms with E-state index in [-0.39, 0.29) is 23.8 Å². The van der Waals surface area contributed by atoms with E-state index < -0.39 is 0 Å². The summed E-state index contributed by atoms with van der Waals surface area (Å²) in [6.45, 7) is 5.70. The van der Waals surface area contributed by atoms with Gasteiger partial charge in [-0.1, -0.05) is 13.8 Å². The first-order valence-corrected chi connectivity index (χ1v) is 6.32. The number of nitrogens with two attached hydrogens (primary N) is 1. The zero-order valence-corrected chi connectivity index (χ0v) is 10.7. The average molecular weight is 241 g/mol. The van der Waals surface area contributed by atoms with Crippen LogP contribution in [0.25, 0.3) is 0 Å². The highest BCUT2D eigenvalue weighted by molar-refractivity contribution is 5.78. The number of nitrogens with zero attached hydrogens (tertiary/aromatic N) is 1. The van der Waals surface area contributed by atoms with Crippen LogP contribution < -0.4 is 11.1 Å². The first-order chi connectivity index (χ1) is 8.04. The van der Waals surface area contributed by atoms with Gasteiger partial charge in [0.2, 0.25) is 11.8 Å². The number of piperidine rings is 1. The highest BCUT2D eigenvalue weighted by Gasteiger charge is 2.24. The second kappa shape index (κ2) is 6.59. The van der Waals surface area contributed by atoms with Crippen LogP contribution in [0, 0.1) is 5.92 Å². The van der Waals surface area contributed by atoms with Gasteiger partial charge in [0.1, 0.15) is 0 Å². The van der Waals surface area contributed by atoms with Gasteiger partial charge in [0.25, 0.3) is 0 Å². The SMILES string of the molecule is CC(C)C(=O)N1CCC(NC(=O)CCN)CC1. The van der Waals surface area contributed by atoms with E-state index in [2.05, 4.69) is 5.32 Å². The molecular weight excluding hydrogens is 218 g/mol. The molecule has 0 unspecified atom stereocenters. The van der Waals surface area contributed by atoms with Gasteiger partial charge in [0.05, 0.1) is 0 Å². The maximum Gasteiger partial charge on any atom is 0.225 e. The van der Waals surface area contributed by atoms with Gasteiger partial charge >= 0.3 is 0 Å². The van der Waals surface area contributed by atoms with Crippen LogP contribution in [0.3, 0.4) is 0 Å². The molecule has 1 saturated heterocycles. The average Bonchev–Trinajstić information content (AvgIpc) is 2.29. The summed E-state index contributed by atoms with van der Waals surface area (Å²) >= 11 is 0. The van der Waals surface area contributed by atoms with Crippen LogP contribution in [-0.2, 0) is 9.59 Å². The van der Waals surface area contributed by atoms with Crippen LogP contribution in [0.15, 0.2) is 0 Å². The molecule has 1 aliphatic rings. The van der Waals surface area contributed by atoms with E-state index in [1.807, 2.05) is 18.7 Å². The van der Waals surface area contributed by atoms with Crippen molar-refractivity contribution in [1.29, 1.82) is 0 Å². The lowest BCUT2D eigenvalue weighted by atomic mass is 10.0. The van der Waals surface area contributed by atoms with Crippen LogP contribution in [0.4, 0.5) is 0 Å². The van der Waals surface area contributed by atoms with Gasteiger partial charge in [-0.05, 0) is 12.8 Å². The van der Waals surface area contributed by atoms with Crippen molar-refractivity contribution in [2.75, 3.05) is 19.6 Å². The van der Waals surface area contributed by atoms with Crippen molar-refractivity contribution in [3.8, 4) is 0 Å². The third-order valence-electron chi connectivity index (χ3n) is 3.04. The molecule has 5 heteroatoms. The molecule has 98 valence electrons. The van der Waals surface area contributed by atoms with Gasteiger partial charge in [0.15, 0.2) is 0 Å². The Balaban J connectivity index is 2.31. The van der Waals surface area contributed by atoms with Gasteiger partial charge in [-0.3, -0.25) is 9.59 Å². The smallest absolute Gasteiger partial charge is 0.225 e. The number of amides is 2. The van der Waals surface area contributed by atoms with E-state index in [0.717, 1.165) is 25.9 Å². The number of hydrogen-bond acceptors (Lipinski definition) is 3. The number of likely N-dealkylation sites (tertiary alicyclic amines) is 1. The fourth-order valence-electron chi connectivity index (χ4n) is 2.04. The standard InChI is InChI=1S/C12H23N3O2/c1-9(2)12(17)15-7-4-10(5-8-15)14-11(16)3-6-13/h9-10H,3-8,13H2,1-2H3,(H,14,16). The molecule has 0 aromatic rings. The van der Waals surface area contributed by atoms with E-state index in [0.29, 0.717) is 13.0 Å². The zero-order valence-electron chi connectivity index (χ0n) is 10.7. The van der Waals surface area contributed by atoms with Gasteiger partial charge in [-0.25, -0.2) is 0 Å². The van der Waals surface area contributed by atoms with Gasteiger partial charge in [-0.15, -0.1) is 0 Å². The summed E-state index contributed by atoms with van der Waals surface area (Å²) in [6, 6.07) is 0.199. The summed E-state index contributed by atoms with van der Waals surface area (Å²) < 4.78 is 0. The van der Waals surface area contributed by atoms with Crippen molar-refractivity contribution in [2.45, 2.75) is 39.2 Å². The maximum absolute atomic E-state index is 11.8. The first-order valence-electron chi connectivity index (χ1n) is 6.32. The van der Waals surface area contributed by atoms with Gasteiger partial charge < -0.3 is 16.0 Å². The van der Waals surface area contributed by atoms with Crippen LogP contribution in [0.1, 0.15) is 33.1 Å². The van der Waals surface area contributed by atoms with E-state index >= 15 is 0 Å². The van der Waals surface area contributed by atoms with Crippen molar-refractivity contribution >= 4 is 11.8 Å². The van der Waals surface area contributed by atoms with Gasteiger partial charge in [0, 0.05) is 38.0 Å². The molecule has 0 aromatic heterocycles. The van der Waals surface area contributed by atoms with Crippen LogP contribution in [0.2, 0.25) is 0 Å². The first kappa shape index (κ1) is 14.0. The molecule has 0 saturated carbocycles. The number of carbonyl (C=O) groups excluding carboxylic acids is 2. The topological polar surface area (TPSA) is 75.4 Å². The third-order valence-corrected chi connectivity index (χ3v) is 3.04. The van der Waals surface area contributed by atoms with E-state index in [1.54, 1.807) is 0 Å². The van der Waals surface area contributed by atoms with Crippen LogP contribution in [-0.4, -0.2) is 42.4 Å². The lowest BCUT2D eigenvalue weighted by molar-refractivity contribution is -0.135. The summed E-state index contributed by atoms with van der Waals surface area (Å²) in [5, 5.41) is 2.95. The molecule has 2 amide bonds. The number of nitrogens with one attached hydrogen (secondary N) is 1. The molecule has 17 heavy (non-hydrogen) atoms. The molecule has 0 atom stereocenters. The Morgan fingerprint density at radius 3 is 2.41 bits per heavy atom. The third kappa shape index (κ3) is 4.34. The Kier molecular flexibility index (Phi) is 5.41. The van der Waals surface area contributed by atoms with Crippen LogP contribution >= 0.6 is 0 Å². The second-order valence-electron chi connectivity index (χ2n) is 4.86. The van der Waals surface area contributed by atoms with E-state index in [4.69, 9.17) is 5.73 Å². The van der Waals surface area contributed by atoms with Crippen molar-refractivity contribution < 1.29 is 9.59 Å². The molecule has 0 aromatic carbocycles. The minimum absolute atomic E-state index is 0.0149. The molecule has 0 aliphatic carbocycles. The molecule has 0 spiro atoms. The maximum atomic E-state index is 11.8. The summed E-state index contributed by atoms with van der Waals surface area (Å²) in [5.41, 5.74) is 5.32. The van der Waals surface area contributed by atoms with E-state index in [9.17, 15) is 9.59 Å². The molecule has 3 N–H and O–H groups in total. The quantitative estimate of drug-likeness (QED) is 0.733. The second-order valence-corrected chi connectivity index (χ2v) is 4.86. The molecule has 5 nitrogen and oxygen atoms in total. The summed E-state index contributed by atoms with van der Waals surface area (Å²) in [5.74, 6) is 0.274. The Morgan fingerprint density at radius 1 is 1.35 bits per heavy atom. The Bertz CT molecular complexity index is 271. The van der Waals surface area contributed by atoms with Crippen molar-refractivity contribution in [2.24, 2.45) is 11.7 Å². The summed E-state index contributed by atoms with van der Waals surface area (Å²) in [6.07, 6.45) is 2.06. The minimum Gasteiger partial charge on any atom is -0.353 e. The lowest BCUT2D eigenvalue weighted by Crippen LogP contribution is -2.47. The van der Waals surface area contributed by atoms with Crippen molar-refractivity contribution in [3.05, 3.63) is 0 Å². The molecular formula is C12H23N3O2. The molecule has 0 radical (unpaired) electrons. The monoisotopic (exact) mass is 241 g/mol. The zero-order chi connectivity index (χ0) is 12.8. The fraction of sp³-hybridized carbons (Fsp3) is 0.833. The molecule has 1 aliphatic heterocycles. The number of carbonyl (C=O) groups is 2. The Morgan fingerprint density at radius 2 is 1.94 bits per heavy atom. The van der Waals surface area contributed by atoms with Crippen LogP contribution in [0.5, 0.6) is 0 Å². The Labute approximate surface area is 103 Å². The normalized spacial score (nSPS) is 17.3. The number of hydrogen-bond donors (Lipinski definition) is 2. The van der Waals surface area contributed by atoms with Crippen molar-refractivity contribution in [3.63, 3.8) is 0 Å². The minimum atomic E-state index is 0.0149. The predicted molar refractivity (Wildman–Crippen MR) is 66.3 cm³/mol. The molecule has 1 rings (SSSR count). The summed E-state index contributed by atoms with van der Waals surface area (Å²) in [7, 11) is 0. The molecule has 1 fully saturated rings. The van der Waals surface area contributed by atoms with Crippen molar-refractivity contribution in [1.82, 2.24) is 10.2 Å². The largest absolute Gasteiger partial charge is 0.353 e. The van der Waals surface area contributed by atoms with E-state index in [1.165, 1.54) is 0 Å². The lowest BCUT2D eigenvalue weighted by Gasteiger charge is -2.33. The molecule has 0 bridgehead atoms. The van der Waals surface area contributed by atoms with Gasteiger partial charge in [-0.2, -0.15) is 0 Å². The molecule has 1 heterocycles. The predicted octanol–water partition coefficient (Wildman–Crippen LogP) is 0.0984. The highest BCUT2D eigenvalue weighted by Crippen LogP contribution is 2.13. The highest BCUT2D eigenvalue weighted by atomic mass is 16.2. The number of rotatable bonds is 4. The Hall–Kier alpha value is -1.10. The fourth-order valence-corrected chi connectivity index (χ4v) is 2.04. The summed E-state index contributed by atoms with van der Waals surface area (Å²) in [4.78, 5) is 25.0.